The highest BCUT2D eigenvalue weighted by Gasteiger charge is 2.12. The van der Waals surface area contributed by atoms with Crippen molar-refractivity contribution in [2.75, 3.05) is 11.9 Å². The van der Waals surface area contributed by atoms with Gasteiger partial charge in [0.1, 0.15) is 6.10 Å². The molecule has 5 nitrogen and oxygen atoms in total. The van der Waals surface area contributed by atoms with Crippen molar-refractivity contribution >= 4 is 16.3 Å². The first-order chi connectivity index (χ1) is 7.66. The van der Waals surface area contributed by atoms with Crippen LogP contribution in [0.3, 0.4) is 0 Å². The van der Waals surface area contributed by atoms with Crippen molar-refractivity contribution in [2.24, 2.45) is 0 Å². The average Bonchev–Trinajstić information content (AvgIpc) is 2.84. The van der Waals surface area contributed by atoms with Crippen LogP contribution in [0, 0.1) is 6.92 Å². The van der Waals surface area contributed by atoms with E-state index in [-0.39, 0.29) is 5.76 Å². The monoisotopic (exact) mass is 240 g/mol. The van der Waals surface area contributed by atoms with Crippen LogP contribution in [0.4, 0.5) is 5.00 Å². The van der Waals surface area contributed by atoms with Crippen molar-refractivity contribution in [1.29, 1.82) is 0 Å². The fraction of sp³-hybridized carbons (Fsp3) is 0.300. The van der Waals surface area contributed by atoms with E-state index in [1.54, 1.807) is 11.3 Å². The van der Waals surface area contributed by atoms with Crippen LogP contribution < -0.4 is 11.1 Å². The van der Waals surface area contributed by atoms with Gasteiger partial charge in [-0.15, -0.1) is 11.3 Å². The zero-order valence-corrected chi connectivity index (χ0v) is 9.50. The van der Waals surface area contributed by atoms with Gasteiger partial charge < -0.3 is 14.8 Å². The Morgan fingerprint density at radius 3 is 3.06 bits per heavy atom. The minimum Gasteiger partial charge on any atom is -0.410 e. The number of rotatable bonds is 4. The lowest BCUT2D eigenvalue weighted by molar-refractivity contribution is 0.160. The van der Waals surface area contributed by atoms with E-state index in [4.69, 9.17) is 4.42 Å². The Labute approximate surface area is 95.7 Å². The molecule has 0 fully saturated rings. The number of aromatic amines is 1. The Hall–Kier alpha value is -1.53. The second kappa shape index (κ2) is 4.54. The van der Waals surface area contributed by atoms with Crippen LogP contribution in [0.25, 0.3) is 0 Å². The minimum atomic E-state index is -0.833. The first-order valence-electron chi connectivity index (χ1n) is 4.81. The summed E-state index contributed by atoms with van der Waals surface area (Å²) in [6.45, 7) is 2.30. The van der Waals surface area contributed by atoms with E-state index in [2.05, 4.69) is 10.3 Å². The third-order valence-electron chi connectivity index (χ3n) is 2.19. The summed E-state index contributed by atoms with van der Waals surface area (Å²) in [7, 11) is 0. The number of aliphatic hydroxyl groups is 1. The number of hydrogen-bond donors (Lipinski definition) is 3. The Morgan fingerprint density at radius 2 is 2.50 bits per heavy atom. The molecule has 3 N–H and O–H groups in total. The van der Waals surface area contributed by atoms with Gasteiger partial charge in [0.15, 0.2) is 5.76 Å². The Balaban J connectivity index is 1.96. The lowest BCUT2D eigenvalue weighted by Gasteiger charge is -2.09. The van der Waals surface area contributed by atoms with Crippen molar-refractivity contribution in [1.82, 2.24) is 4.98 Å². The summed E-state index contributed by atoms with van der Waals surface area (Å²) in [6, 6.07) is 2.00. The Kier molecular flexibility index (Phi) is 3.12. The molecule has 2 rings (SSSR count). The molecule has 0 aliphatic rings. The van der Waals surface area contributed by atoms with Gasteiger partial charge in [0, 0.05) is 12.7 Å². The number of nitrogens with one attached hydrogen (secondary N) is 2. The molecule has 0 amide bonds. The third kappa shape index (κ3) is 2.34. The SMILES string of the molecule is Cc1ccsc1NCC(O)c1c[nH]c(=O)o1. The summed E-state index contributed by atoms with van der Waals surface area (Å²) in [5.74, 6) is -0.312. The molecule has 2 aromatic heterocycles. The molecule has 0 bridgehead atoms. The number of thiophene rings is 1. The van der Waals surface area contributed by atoms with E-state index in [0.717, 1.165) is 10.6 Å². The van der Waals surface area contributed by atoms with Crippen LogP contribution in [0.5, 0.6) is 0 Å². The molecule has 0 saturated carbocycles. The van der Waals surface area contributed by atoms with Crippen molar-refractivity contribution in [3.63, 3.8) is 0 Å². The first kappa shape index (κ1) is 11.0. The molecule has 0 saturated heterocycles. The number of oxazole rings is 1. The van der Waals surface area contributed by atoms with Gasteiger partial charge in [0.25, 0.3) is 0 Å². The third-order valence-corrected chi connectivity index (χ3v) is 3.16. The van der Waals surface area contributed by atoms with Crippen LogP contribution in [-0.4, -0.2) is 16.6 Å². The predicted octanol–water partition coefficient (Wildman–Crippen LogP) is 1.48. The van der Waals surface area contributed by atoms with Crippen molar-refractivity contribution in [3.8, 4) is 0 Å². The van der Waals surface area contributed by atoms with Crippen molar-refractivity contribution < 1.29 is 9.52 Å². The van der Waals surface area contributed by atoms with Crippen LogP contribution in [-0.2, 0) is 0 Å². The van der Waals surface area contributed by atoms with Gasteiger partial charge in [-0.25, -0.2) is 4.79 Å². The first-order valence-corrected chi connectivity index (χ1v) is 5.69. The molecule has 0 aliphatic heterocycles. The molecule has 1 unspecified atom stereocenters. The van der Waals surface area contributed by atoms with E-state index in [9.17, 15) is 9.90 Å². The molecule has 2 aromatic rings. The molecule has 1 atom stereocenters. The highest BCUT2D eigenvalue weighted by molar-refractivity contribution is 7.14. The molecule has 86 valence electrons. The topological polar surface area (TPSA) is 78.3 Å². The molecule has 0 radical (unpaired) electrons. The molecular formula is C10H12N2O3S. The van der Waals surface area contributed by atoms with E-state index in [0.29, 0.717) is 6.54 Å². The van der Waals surface area contributed by atoms with Crippen molar-refractivity contribution in [3.05, 3.63) is 39.5 Å². The molecule has 2 heterocycles. The zero-order chi connectivity index (χ0) is 11.5. The van der Waals surface area contributed by atoms with Crippen LogP contribution in [0.2, 0.25) is 0 Å². The van der Waals surface area contributed by atoms with Gasteiger partial charge in [0.2, 0.25) is 0 Å². The fourth-order valence-electron chi connectivity index (χ4n) is 1.30. The number of aromatic nitrogens is 1. The number of hydrogen-bond acceptors (Lipinski definition) is 5. The summed E-state index contributed by atoms with van der Waals surface area (Å²) < 4.78 is 4.75. The highest BCUT2D eigenvalue weighted by Crippen LogP contribution is 2.22. The second-order valence-electron chi connectivity index (χ2n) is 3.41. The summed E-state index contributed by atoms with van der Waals surface area (Å²) in [6.07, 6.45) is 0.538. The maximum atomic E-state index is 10.7. The fourth-order valence-corrected chi connectivity index (χ4v) is 2.13. The lowest BCUT2D eigenvalue weighted by Crippen LogP contribution is -2.11. The normalized spacial score (nSPS) is 12.6. The number of aliphatic hydroxyl groups excluding tert-OH is 1. The van der Waals surface area contributed by atoms with E-state index in [1.165, 1.54) is 6.20 Å². The van der Waals surface area contributed by atoms with E-state index >= 15 is 0 Å². The van der Waals surface area contributed by atoms with E-state index < -0.39 is 11.9 Å². The summed E-state index contributed by atoms with van der Waals surface area (Å²) in [5.41, 5.74) is 1.13. The number of anilines is 1. The smallest absolute Gasteiger partial charge is 0.410 e. The van der Waals surface area contributed by atoms with Gasteiger partial charge in [-0.3, -0.25) is 4.98 Å². The van der Waals surface area contributed by atoms with E-state index in [1.807, 2.05) is 18.4 Å². The second-order valence-corrected chi connectivity index (χ2v) is 4.33. The minimum absolute atomic E-state index is 0.242. The number of H-pyrrole nitrogens is 1. The van der Waals surface area contributed by atoms with Gasteiger partial charge >= 0.3 is 5.76 Å². The number of aryl methyl sites for hydroxylation is 1. The molecule has 0 aromatic carbocycles. The summed E-state index contributed by atoms with van der Waals surface area (Å²) >= 11 is 1.57. The molecule has 0 spiro atoms. The standard InChI is InChI=1S/C10H12N2O3S/c1-6-2-3-16-9(6)11-4-7(13)8-5-12-10(14)15-8/h2-3,5,7,11,13H,4H2,1H3,(H,12,14). The molecule has 0 aliphatic carbocycles. The van der Waals surface area contributed by atoms with Crippen LogP contribution >= 0.6 is 11.3 Å². The Morgan fingerprint density at radius 1 is 1.69 bits per heavy atom. The van der Waals surface area contributed by atoms with Gasteiger partial charge in [-0.05, 0) is 23.9 Å². The zero-order valence-electron chi connectivity index (χ0n) is 8.69. The molecule has 6 heteroatoms. The molecule has 16 heavy (non-hydrogen) atoms. The maximum absolute atomic E-state index is 10.7. The van der Waals surface area contributed by atoms with Crippen LogP contribution in [0.1, 0.15) is 17.4 Å². The predicted molar refractivity (Wildman–Crippen MR) is 61.8 cm³/mol. The highest BCUT2D eigenvalue weighted by atomic mass is 32.1. The maximum Gasteiger partial charge on any atom is 0.416 e. The Bertz CT molecular complexity index is 514. The molecular weight excluding hydrogens is 228 g/mol. The largest absolute Gasteiger partial charge is 0.416 e. The lowest BCUT2D eigenvalue weighted by atomic mass is 10.3. The van der Waals surface area contributed by atoms with Crippen LogP contribution in [0.15, 0.2) is 26.9 Å². The van der Waals surface area contributed by atoms with Gasteiger partial charge in [0.05, 0.1) is 5.00 Å². The average molecular weight is 240 g/mol. The van der Waals surface area contributed by atoms with Crippen molar-refractivity contribution in [2.45, 2.75) is 13.0 Å². The quantitative estimate of drug-likeness (QED) is 0.756. The summed E-state index contributed by atoms with van der Waals surface area (Å²) in [4.78, 5) is 13.1. The summed E-state index contributed by atoms with van der Waals surface area (Å²) in [5, 5.41) is 15.8. The van der Waals surface area contributed by atoms with Gasteiger partial charge in [-0.2, -0.15) is 0 Å². The van der Waals surface area contributed by atoms with Gasteiger partial charge in [-0.1, -0.05) is 0 Å².